The van der Waals surface area contributed by atoms with Gasteiger partial charge in [0.05, 0.1) is 21.1 Å². The average Bonchev–Trinajstić information content (AvgIpc) is 2.87. The largest absolute Gasteiger partial charge is 0.334 e. The summed E-state index contributed by atoms with van der Waals surface area (Å²) in [5, 5.41) is 3.53. The number of benzene rings is 2. The molecule has 100 valence electrons. The molecule has 2 N–H and O–H groups in total. The van der Waals surface area contributed by atoms with E-state index in [9.17, 15) is 4.79 Å². The second-order valence-corrected chi connectivity index (χ2v) is 5.00. The Bertz CT molecular complexity index is 765. The van der Waals surface area contributed by atoms with E-state index in [1.807, 2.05) is 24.3 Å². The zero-order chi connectivity index (χ0) is 14.1. The number of hydrogen-bond acceptors (Lipinski definition) is 2. The molecule has 0 aliphatic heterocycles. The first-order chi connectivity index (χ1) is 9.63. The average molecular weight is 306 g/mol. The standard InChI is InChI=1S/C14H9Cl2N3O/c15-9-6-5-8(7-10(9)16)17-14(20)13-18-11-3-1-2-4-12(11)19-13/h1-7H,(H,17,20)(H,18,19). The number of fused-ring (bicyclic) bond motifs is 1. The number of carbonyl (C=O) groups is 1. The molecule has 0 saturated heterocycles. The van der Waals surface area contributed by atoms with Crippen molar-refractivity contribution >= 4 is 45.8 Å². The lowest BCUT2D eigenvalue weighted by atomic mass is 10.3. The summed E-state index contributed by atoms with van der Waals surface area (Å²) in [7, 11) is 0. The van der Waals surface area contributed by atoms with E-state index in [0.29, 0.717) is 15.7 Å². The molecular formula is C14H9Cl2N3O. The maximum absolute atomic E-state index is 12.1. The molecule has 0 aliphatic carbocycles. The van der Waals surface area contributed by atoms with E-state index in [-0.39, 0.29) is 11.7 Å². The van der Waals surface area contributed by atoms with Crippen molar-refractivity contribution in [3.05, 3.63) is 58.3 Å². The quantitative estimate of drug-likeness (QED) is 0.748. The minimum absolute atomic E-state index is 0.247. The number of nitrogens with one attached hydrogen (secondary N) is 2. The Hall–Kier alpha value is -2.04. The summed E-state index contributed by atoms with van der Waals surface area (Å²) in [6, 6.07) is 12.3. The maximum Gasteiger partial charge on any atom is 0.291 e. The summed E-state index contributed by atoms with van der Waals surface area (Å²) < 4.78 is 0. The lowest BCUT2D eigenvalue weighted by molar-refractivity contribution is 0.101. The van der Waals surface area contributed by atoms with Gasteiger partial charge in [0.25, 0.3) is 5.91 Å². The molecule has 0 saturated carbocycles. The molecule has 0 spiro atoms. The zero-order valence-corrected chi connectivity index (χ0v) is 11.7. The second-order valence-electron chi connectivity index (χ2n) is 4.19. The number of H-pyrrole nitrogens is 1. The molecule has 0 radical (unpaired) electrons. The Morgan fingerprint density at radius 1 is 1.10 bits per heavy atom. The number of carbonyl (C=O) groups excluding carboxylic acids is 1. The van der Waals surface area contributed by atoms with Crippen LogP contribution in [-0.4, -0.2) is 15.9 Å². The molecule has 0 aliphatic rings. The fraction of sp³-hybridized carbons (Fsp3) is 0. The smallest absolute Gasteiger partial charge is 0.291 e. The number of anilines is 1. The van der Waals surface area contributed by atoms with Crippen LogP contribution in [0.3, 0.4) is 0 Å². The van der Waals surface area contributed by atoms with Gasteiger partial charge in [-0.2, -0.15) is 0 Å². The molecule has 4 nitrogen and oxygen atoms in total. The number of imidazole rings is 1. The molecule has 0 atom stereocenters. The van der Waals surface area contributed by atoms with Crippen LogP contribution >= 0.6 is 23.2 Å². The van der Waals surface area contributed by atoms with Crippen LogP contribution in [0.4, 0.5) is 5.69 Å². The number of halogens is 2. The molecule has 1 amide bonds. The van der Waals surface area contributed by atoms with E-state index in [0.717, 1.165) is 11.0 Å². The fourth-order valence-corrected chi connectivity index (χ4v) is 2.12. The Labute approximate surface area is 124 Å². The molecule has 3 aromatic rings. The third-order valence-corrected chi connectivity index (χ3v) is 3.52. The second kappa shape index (κ2) is 5.15. The third kappa shape index (κ3) is 2.48. The number of para-hydroxylation sites is 2. The maximum atomic E-state index is 12.1. The van der Waals surface area contributed by atoms with Gasteiger partial charge in [-0.1, -0.05) is 35.3 Å². The van der Waals surface area contributed by atoms with Crippen LogP contribution in [0.15, 0.2) is 42.5 Å². The summed E-state index contributed by atoms with van der Waals surface area (Å²) >= 11 is 11.7. The first kappa shape index (κ1) is 13.0. The van der Waals surface area contributed by atoms with Gasteiger partial charge in [0.15, 0.2) is 5.82 Å². The number of hydrogen-bond donors (Lipinski definition) is 2. The SMILES string of the molecule is O=C(Nc1ccc(Cl)c(Cl)c1)c1nc2ccccc2[nH]1. The summed E-state index contributed by atoms with van der Waals surface area (Å²) in [5.74, 6) is -0.0862. The van der Waals surface area contributed by atoms with Gasteiger partial charge < -0.3 is 10.3 Å². The lowest BCUT2D eigenvalue weighted by Gasteiger charge is -2.04. The Morgan fingerprint density at radius 3 is 2.65 bits per heavy atom. The predicted molar refractivity (Wildman–Crippen MR) is 80.5 cm³/mol. The summed E-state index contributed by atoms with van der Waals surface area (Å²) in [6.07, 6.45) is 0. The van der Waals surface area contributed by atoms with Crippen LogP contribution in [0.5, 0.6) is 0 Å². The van der Waals surface area contributed by atoms with Crippen molar-refractivity contribution in [2.45, 2.75) is 0 Å². The van der Waals surface area contributed by atoms with E-state index in [1.54, 1.807) is 18.2 Å². The Kier molecular flexibility index (Phi) is 3.34. The first-order valence-electron chi connectivity index (χ1n) is 5.84. The van der Waals surface area contributed by atoms with Gasteiger partial charge in [0.1, 0.15) is 0 Å². The zero-order valence-electron chi connectivity index (χ0n) is 10.2. The number of amides is 1. The molecule has 2 aromatic carbocycles. The molecule has 20 heavy (non-hydrogen) atoms. The van der Waals surface area contributed by atoms with Gasteiger partial charge in [-0.25, -0.2) is 4.98 Å². The Balaban J connectivity index is 1.86. The van der Waals surface area contributed by atoms with E-state index in [2.05, 4.69) is 15.3 Å². The van der Waals surface area contributed by atoms with Crippen LogP contribution < -0.4 is 5.32 Å². The highest BCUT2D eigenvalue weighted by atomic mass is 35.5. The minimum atomic E-state index is -0.334. The summed E-state index contributed by atoms with van der Waals surface area (Å²) in [4.78, 5) is 19.3. The highest BCUT2D eigenvalue weighted by Gasteiger charge is 2.12. The van der Waals surface area contributed by atoms with Gasteiger partial charge in [-0.3, -0.25) is 4.79 Å². The van der Waals surface area contributed by atoms with Gasteiger partial charge in [-0.15, -0.1) is 0 Å². The van der Waals surface area contributed by atoms with Crippen molar-refractivity contribution < 1.29 is 4.79 Å². The van der Waals surface area contributed by atoms with E-state index >= 15 is 0 Å². The molecule has 3 rings (SSSR count). The highest BCUT2D eigenvalue weighted by Crippen LogP contribution is 2.25. The van der Waals surface area contributed by atoms with E-state index < -0.39 is 0 Å². The molecule has 0 bridgehead atoms. The van der Waals surface area contributed by atoms with E-state index in [4.69, 9.17) is 23.2 Å². The molecule has 0 unspecified atom stereocenters. The summed E-state index contributed by atoms with van der Waals surface area (Å²) in [5.41, 5.74) is 2.11. The molecule has 6 heteroatoms. The van der Waals surface area contributed by atoms with Crippen molar-refractivity contribution in [1.82, 2.24) is 9.97 Å². The molecule has 0 fully saturated rings. The van der Waals surface area contributed by atoms with Crippen molar-refractivity contribution in [1.29, 1.82) is 0 Å². The minimum Gasteiger partial charge on any atom is -0.334 e. The van der Waals surface area contributed by atoms with Crippen LogP contribution in [0.1, 0.15) is 10.6 Å². The van der Waals surface area contributed by atoms with Crippen molar-refractivity contribution in [2.24, 2.45) is 0 Å². The molecule has 1 heterocycles. The number of aromatic nitrogens is 2. The van der Waals surface area contributed by atoms with Crippen LogP contribution in [-0.2, 0) is 0 Å². The van der Waals surface area contributed by atoms with Gasteiger partial charge in [-0.05, 0) is 30.3 Å². The van der Waals surface area contributed by atoms with E-state index in [1.165, 1.54) is 0 Å². The normalized spacial score (nSPS) is 10.7. The van der Waals surface area contributed by atoms with Crippen LogP contribution in [0.2, 0.25) is 10.0 Å². The third-order valence-electron chi connectivity index (χ3n) is 2.78. The fourth-order valence-electron chi connectivity index (χ4n) is 1.82. The van der Waals surface area contributed by atoms with Crippen molar-refractivity contribution in [3.8, 4) is 0 Å². The number of nitrogens with zero attached hydrogens (tertiary/aromatic N) is 1. The first-order valence-corrected chi connectivity index (χ1v) is 6.60. The van der Waals surface area contributed by atoms with Gasteiger partial charge >= 0.3 is 0 Å². The number of rotatable bonds is 2. The summed E-state index contributed by atoms with van der Waals surface area (Å²) in [6.45, 7) is 0. The predicted octanol–water partition coefficient (Wildman–Crippen LogP) is 4.12. The Morgan fingerprint density at radius 2 is 1.90 bits per heavy atom. The molecular weight excluding hydrogens is 297 g/mol. The van der Waals surface area contributed by atoms with Crippen LogP contribution in [0, 0.1) is 0 Å². The number of aromatic amines is 1. The lowest BCUT2D eigenvalue weighted by Crippen LogP contribution is -2.13. The van der Waals surface area contributed by atoms with Gasteiger partial charge in [0.2, 0.25) is 0 Å². The van der Waals surface area contributed by atoms with Crippen molar-refractivity contribution in [3.63, 3.8) is 0 Å². The molecule has 1 aromatic heterocycles. The van der Waals surface area contributed by atoms with Crippen molar-refractivity contribution in [2.75, 3.05) is 5.32 Å². The highest BCUT2D eigenvalue weighted by molar-refractivity contribution is 6.42. The monoisotopic (exact) mass is 305 g/mol. The van der Waals surface area contributed by atoms with Gasteiger partial charge in [0, 0.05) is 5.69 Å². The van der Waals surface area contributed by atoms with Crippen LogP contribution in [0.25, 0.3) is 11.0 Å². The topological polar surface area (TPSA) is 57.8 Å².